The molecular weight excluding hydrogens is 306 g/mol. The molecule has 0 saturated carbocycles. The van der Waals surface area contributed by atoms with Crippen LogP contribution in [0.4, 0.5) is 0 Å². The maximum Gasteiger partial charge on any atom is 0.244 e. The summed E-state index contributed by atoms with van der Waals surface area (Å²) in [6.07, 6.45) is 4.12. The van der Waals surface area contributed by atoms with Gasteiger partial charge in [-0.2, -0.15) is 4.31 Å². The number of nitrogens with zero attached hydrogens (tertiary/aromatic N) is 1. The minimum Gasteiger partial charge on any atom is -0.207 e. The van der Waals surface area contributed by atoms with E-state index in [9.17, 15) is 8.42 Å². The average molecular weight is 336 g/mol. The number of sulfonamides is 1. The van der Waals surface area contributed by atoms with Crippen LogP contribution in [0, 0.1) is 32.6 Å². The van der Waals surface area contributed by atoms with Gasteiger partial charge in [-0.25, -0.2) is 8.42 Å². The van der Waals surface area contributed by atoms with Crippen LogP contribution >= 0.6 is 0 Å². The van der Waals surface area contributed by atoms with Crippen molar-refractivity contribution in [1.29, 1.82) is 0 Å². The van der Waals surface area contributed by atoms with Crippen LogP contribution in [0.2, 0.25) is 0 Å². The lowest BCUT2D eigenvalue weighted by molar-refractivity contribution is 0.252. The number of aryl methyl sites for hydroxylation is 3. The molecule has 0 aromatic heterocycles. The summed E-state index contributed by atoms with van der Waals surface area (Å²) in [6.45, 7) is 14.1. The molecule has 0 amide bonds. The van der Waals surface area contributed by atoms with E-state index in [1.807, 2.05) is 32.9 Å². The second-order valence-corrected chi connectivity index (χ2v) is 9.20. The van der Waals surface area contributed by atoms with Crippen molar-refractivity contribution in [1.82, 2.24) is 4.31 Å². The predicted octanol–water partition coefficient (Wildman–Crippen LogP) is 4.22. The van der Waals surface area contributed by atoms with E-state index in [4.69, 9.17) is 0 Å². The van der Waals surface area contributed by atoms with Gasteiger partial charge in [0.1, 0.15) is 0 Å². The predicted molar refractivity (Wildman–Crippen MR) is 96.1 cm³/mol. The molecule has 0 radical (unpaired) electrons. The zero-order valence-corrected chi connectivity index (χ0v) is 16.1. The van der Waals surface area contributed by atoms with Gasteiger partial charge in [-0.15, -0.1) is 0 Å². The van der Waals surface area contributed by atoms with Gasteiger partial charge >= 0.3 is 0 Å². The van der Waals surface area contributed by atoms with E-state index in [1.165, 1.54) is 0 Å². The second kappa shape index (κ2) is 6.40. The van der Waals surface area contributed by atoms with Crippen LogP contribution in [-0.2, 0) is 10.0 Å². The van der Waals surface area contributed by atoms with Crippen LogP contribution < -0.4 is 0 Å². The highest BCUT2D eigenvalue weighted by molar-refractivity contribution is 7.89. The summed E-state index contributed by atoms with van der Waals surface area (Å²) in [6, 6.07) is 3.76. The third kappa shape index (κ3) is 3.24. The van der Waals surface area contributed by atoms with E-state index < -0.39 is 10.0 Å². The number of rotatable bonds is 4. The average Bonchev–Trinajstić information content (AvgIpc) is 2.82. The quantitative estimate of drug-likeness (QED) is 0.773. The van der Waals surface area contributed by atoms with E-state index in [1.54, 1.807) is 4.31 Å². The van der Waals surface area contributed by atoms with Gasteiger partial charge in [0.15, 0.2) is 0 Å². The standard InChI is InChI=1S/C19H29NO2S/c1-12(2)17-8-9-18(13(3)4)20(17)23(21,22)19-15(6)10-14(5)11-16(19)7/h8-13,17-18H,1-7H3/t17-,18-/m1/s1. The molecule has 1 aromatic carbocycles. The van der Waals surface area contributed by atoms with Crippen molar-refractivity contribution in [3.63, 3.8) is 0 Å². The Morgan fingerprint density at radius 2 is 1.26 bits per heavy atom. The molecule has 4 heteroatoms. The van der Waals surface area contributed by atoms with Gasteiger partial charge in [0.05, 0.1) is 4.90 Å². The van der Waals surface area contributed by atoms with Crippen molar-refractivity contribution >= 4 is 10.0 Å². The highest BCUT2D eigenvalue weighted by atomic mass is 32.2. The van der Waals surface area contributed by atoms with Crippen molar-refractivity contribution in [2.75, 3.05) is 0 Å². The van der Waals surface area contributed by atoms with Crippen LogP contribution in [0.15, 0.2) is 29.2 Å². The van der Waals surface area contributed by atoms with Gasteiger partial charge in [-0.3, -0.25) is 0 Å². The SMILES string of the molecule is Cc1cc(C)c(S(=O)(=O)N2[C@@H](C(C)C)C=C[C@@H]2C(C)C)c(C)c1. The van der Waals surface area contributed by atoms with Gasteiger partial charge in [-0.1, -0.05) is 57.5 Å². The molecule has 0 spiro atoms. The number of hydrogen-bond acceptors (Lipinski definition) is 2. The maximum absolute atomic E-state index is 13.5. The summed E-state index contributed by atoms with van der Waals surface area (Å²) in [4.78, 5) is 0.475. The lowest BCUT2D eigenvalue weighted by Crippen LogP contribution is -2.46. The first kappa shape index (κ1) is 18.2. The Balaban J connectivity index is 2.61. The summed E-state index contributed by atoms with van der Waals surface area (Å²) >= 11 is 0. The molecule has 2 rings (SSSR count). The zero-order valence-electron chi connectivity index (χ0n) is 15.3. The van der Waals surface area contributed by atoms with E-state index in [-0.39, 0.29) is 23.9 Å². The molecule has 23 heavy (non-hydrogen) atoms. The van der Waals surface area contributed by atoms with Crippen LogP contribution in [0.3, 0.4) is 0 Å². The molecule has 0 saturated heterocycles. The molecule has 1 aliphatic rings. The normalized spacial score (nSPS) is 22.5. The molecule has 0 aliphatic carbocycles. The molecule has 1 aromatic rings. The van der Waals surface area contributed by atoms with E-state index in [0.29, 0.717) is 4.90 Å². The molecule has 3 nitrogen and oxygen atoms in total. The number of hydrogen-bond donors (Lipinski definition) is 0. The Kier molecular flexibility index (Phi) is 5.07. The van der Waals surface area contributed by atoms with Crippen LogP contribution in [-0.4, -0.2) is 24.8 Å². The van der Waals surface area contributed by atoms with Crippen LogP contribution in [0.1, 0.15) is 44.4 Å². The topological polar surface area (TPSA) is 37.4 Å². The summed E-state index contributed by atoms with van der Waals surface area (Å²) in [7, 11) is -3.53. The Morgan fingerprint density at radius 1 is 0.870 bits per heavy atom. The van der Waals surface area contributed by atoms with Gasteiger partial charge in [0.2, 0.25) is 10.0 Å². The van der Waals surface area contributed by atoms with Crippen LogP contribution in [0.5, 0.6) is 0 Å². The highest BCUT2D eigenvalue weighted by Crippen LogP contribution is 2.35. The third-order valence-corrected chi connectivity index (χ3v) is 6.80. The maximum atomic E-state index is 13.5. The highest BCUT2D eigenvalue weighted by Gasteiger charge is 2.42. The monoisotopic (exact) mass is 335 g/mol. The van der Waals surface area contributed by atoms with Crippen molar-refractivity contribution in [2.45, 2.75) is 65.4 Å². The molecule has 2 atom stereocenters. The summed E-state index contributed by atoms with van der Waals surface area (Å²) in [5.74, 6) is 0.492. The van der Waals surface area contributed by atoms with Crippen molar-refractivity contribution < 1.29 is 8.42 Å². The van der Waals surface area contributed by atoms with Gasteiger partial charge in [0, 0.05) is 12.1 Å². The minimum absolute atomic E-state index is 0.0764. The summed E-state index contributed by atoms with van der Waals surface area (Å²) in [5.41, 5.74) is 2.76. The minimum atomic E-state index is -3.53. The first-order valence-corrected chi connectivity index (χ1v) is 9.81. The largest absolute Gasteiger partial charge is 0.244 e. The molecule has 0 bridgehead atoms. The van der Waals surface area contributed by atoms with E-state index in [0.717, 1.165) is 16.7 Å². The lowest BCUT2D eigenvalue weighted by atomic mass is 10.1. The van der Waals surface area contributed by atoms with Crippen molar-refractivity contribution in [2.24, 2.45) is 11.8 Å². The van der Waals surface area contributed by atoms with E-state index in [2.05, 4.69) is 39.8 Å². The fourth-order valence-corrected chi connectivity index (χ4v) is 6.04. The van der Waals surface area contributed by atoms with Crippen LogP contribution in [0.25, 0.3) is 0 Å². The lowest BCUT2D eigenvalue weighted by Gasteiger charge is -2.34. The second-order valence-electron chi connectivity index (χ2n) is 7.42. The molecule has 128 valence electrons. The fourth-order valence-electron chi connectivity index (χ4n) is 3.63. The van der Waals surface area contributed by atoms with E-state index >= 15 is 0 Å². The third-order valence-electron chi connectivity index (χ3n) is 4.60. The molecule has 0 N–H and O–H groups in total. The first-order valence-electron chi connectivity index (χ1n) is 8.37. The fraction of sp³-hybridized carbons (Fsp3) is 0.579. The molecule has 1 aliphatic heterocycles. The summed E-state index contributed by atoms with van der Waals surface area (Å²) < 4.78 is 28.7. The first-order chi connectivity index (χ1) is 10.6. The molecule has 0 fully saturated rings. The smallest absolute Gasteiger partial charge is 0.207 e. The summed E-state index contributed by atoms with van der Waals surface area (Å²) in [5, 5.41) is 0. The van der Waals surface area contributed by atoms with Gasteiger partial charge in [0.25, 0.3) is 0 Å². The Bertz CT molecular complexity index is 676. The van der Waals surface area contributed by atoms with Gasteiger partial charge < -0.3 is 0 Å². The zero-order chi connectivity index (χ0) is 17.5. The molecular formula is C19H29NO2S. The Hall–Kier alpha value is -1.13. The number of benzene rings is 1. The van der Waals surface area contributed by atoms with Crippen molar-refractivity contribution in [3.8, 4) is 0 Å². The molecule has 1 heterocycles. The van der Waals surface area contributed by atoms with Crippen molar-refractivity contribution in [3.05, 3.63) is 41.0 Å². The van der Waals surface area contributed by atoms with Gasteiger partial charge in [-0.05, 0) is 43.7 Å². The Morgan fingerprint density at radius 3 is 1.61 bits per heavy atom. The molecule has 0 unspecified atom stereocenters. The Labute approximate surface area is 141 Å².